The van der Waals surface area contributed by atoms with Crippen molar-refractivity contribution in [2.45, 2.75) is 19.6 Å². The number of anilines is 1. The van der Waals surface area contributed by atoms with Crippen molar-refractivity contribution < 1.29 is 14.6 Å². The molecule has 0 heterocycles. The normalized spacial score (nSPS) is 10.5. The Labute approximate surface area is 175 Å². The average molecular weight is 403 g/mol. The van der Waals surface area contributed by atoms with Crippen LogP contribution in [-0.2, 0) is 24.4 Å². The molecule has 154 valence electrons. The largest absolute Gasteiger partial charge is 0.489 e. The van der Waals surface area contributed by atoms with E-state index in [1.807, 2.05) is 49.5 Å². The molecule has 0 saturated carbocycles. The maximum absolute atomic E-state index is 11.1. The number of nitrogens with two attached hydrogens (primary N) is 1. The van der Waals surface area contributed by atoms with Gasteiger partial charge >= 0.3 is 5.97 Å². The molecule has 0 aliphatic rings. The van der Waals surface area contributed by atoms with Crippen LogP contribution in [0.1, 0.15) is 22.3 Å². The fourth-order valence-corrected chi connectivity index (χ4v) is 3.38. The Morgan fingerprint density at radius 2 is 1.93 bits per heavy atom. The van der Waals surface area contributed by atoms with Crippen LogP contribution in [0.5, 0.6) is 5.75 Å². The Balaban J connectivity index is 1.96. The van der Waals surface area contributed by atoms with Gasteiger partial charge in [-0.25, -0.2) is 0 Å². The monoisotopic (exact) mass is 403 g/mol. The molecule has 0 aromatic heterocycles. The molecule has 3 aromatic carbocycles. The molecule has 0 amide bonds. The van der Waals surface area contributed by atoms with Gasteiger partial charge in [-0.3, -0.25) is 4.79 Å². The van der Waals surface area contributed by atoms with Crippen LogP contribution in [0.15, 0.2) is 60.7 Å². The minimum absolute atomic E-state index is 0.0954. The van der Waals surface area contributed by atoms with Gasteiger partial charge in [0.1, 0.15) is 12.4 Å². The second-order valence-corrected chi connectivity index (χ2v) is 6.87. The van der Waals surface area contributed by atoms with Gasteiger partial charge in [0.05, 0.1) is 6.42 Å². The lowest BCUT2D eigenvalue weighted by Crippen LogP contribution is -2.05. The zero-order valence-corrected chi connectivity index (χ0v) is 16.8. The van der Waals surface area contributed by atoms with Crippen LogP contribution >= 0.6 is 0 Å². The molecule has 0 saturated heterocycles. The molecule has 0 fully saturated rings. The van der Waals surface area contributed by atoms with Crippen molar-refractivity contribution >= 4 is 17.9 Å². The number of hydrogen-bond donors (Lipinski definition) is 4. The smallest absolute Gasteiger partial charge is 0.307 e. The zero-order valence-electron chi connectivity index (χ0n) is 16.8. The Bertz CT molecular complexity index is 1060. The van der Waals surface area contributed by atoms with Crippen molar-refractivity contribution in [1.29, 1.82) is 5.41 Å². The molecule has 6 heteroatoms. The van der Waals surface area contributed by atoms with Crippen molar-refractivity contribution in [2.24, 2.45) is 5.73 Å². The van der Waals surface area contributed by atoms with Gasteiger partial charge < -0.3 is 26.3 Å². The molecule has 3 aromatic rings. The summed E-state index contributed by atoms with van der Waals surface area (Å²) in [6.45, 7) is 0.711. The number of para-hydroxylation sites is 1. The number of carboxylic acid groups (broad SMARTS) is 1. The highest BCUT2D eigenvalue weighted by Gasteiger charge is 2.13. The highest BCUT2D eigenvalue weighted by molar-refractivity contribution is 5.96. The van der Waals surface area contributed by atoms with Crippen molar-refractivity contribution in [3.05, 3.63) is 82.9 Å². The van der Waals surface area contributed by atoms with Crippen LogP contribution in [0.3, 0.4) is 0 Å². The molecule has 0 aliphatic carbocycles. The van der Waals surface area contributed by atoms with Gasteiger partial charge in [0.15, 0.2) is 0 Å². The number of aliphatic carboxylic acids is 1. The van der Waals surface area contributed by atoms with Crippen LogP contribution < -0.4 is 15.8 Å². The first-order chi connectivity index (χ1) is 14.5. The lowest BCUT2D eigenvalue weighted by molar-refractivity contribution is -0.136. The van der Waals surface area contributed by atoms with E-state index in [2.05, 4.69) is 5.32 Å². The summed E-state index contributed by atoms with van der Waals surface area (Å²) in [4.78, 5) is 11.1. The molecule has 30 heavy (non-hydrogen) atoms. The highest BCUT2D eigenvalue weighted by Crippen LogP contribution is 2.31. The van der Waals surface area contributed by atoms with E-state index in [0.29, 0.717) is 17.9 Å². The number of carbonyl (C=O) groups is 1. The summed E-state index contributed by atoms with van der Waals surface area (Å²) in [6.07, 6.45) is 1.24. The maximum atomic E-state index is 11.1. The van der Waals surface area contributed by atoms with Gasteiger partial charge in [-0.2, -0.15) is 0 Å². The second-order valence-electron chi connectivity index (χ2n) is 6.87. The third-order valence-electron chi connectivity index (χ3n) is 4.84. The number of ether oxygens (including phenoxy) is 1. The van der Waals surface area contributed by atoms with E-state index in [1.54, 1.807) is 18.2 Å². The number of carboxylic acids is 1. The average Bonchev–Trinajstić information content (AvgIpc) is 2.77. The Morgan fingerprint density at radius 1 is 1.13 bits per heavy atom. The van der Waals surface area contributed by atoms with Gasteiger partial charge in [-0.05, 0) is 46.5 Å². The topological polar surface area (TPSA) is 108 Å². The Morgan fingerprint density at radius 3 is 2.63 bits per heavy atom. The van der Waals surface area contributed by atoms with E-state index in [9.17, 15) is 4.79 Å². The fourth-order valence-electron chi connectivity index (χ4n) is 3.38. The van der Waals surface area contributed by atoms with E-state index in [-0.39, 0.29) is 13.0 Å². The molecule has 6 nitrogen and oxygen atoms in total. The first-order valence-electron chi connectivity index (χ1n) is 9.62. The number of benzene rings is 3. The maximum Gasteiger partial charge on any atom is 0.307 e. The molecule has 0 aliphatic heterocycles. The first-order valence-corrected chi connectivity index (χ1v) is 9.62. The van der Waals surface area contributed by atoms with Crippen LogP contribution in [-0.4, -0.2) is 24.3 Å². The summed E-state index contributed by atoms with van der Waals surface area (Å²) >= 11 is 0. The van der Waals surface area contributed by atoms with Gasteiger partial charge in [0.2, 0.25) is 0 Å². The minimum Gasteiger partial charge on any atom is -0.489 e. The molecule has 0 atom stereocenters. The molecule has 0 radical (unpaired) electrons. The van der Waals surface area contributed by atoms with Crippen molar-refractivity contribution in [1.82, 2.24) is 0 Å². The van der Waals surface area contributed by atoms with Gasteiger partial charge in [0, 0.05) is 36.6 Å². The van der Waals surface area contributed by atoms with Crippen LogP contribution in [0.25, 0.3) is 11.1 Å². The van der Waals surface area contributed by atoms with Crippen LogP contribution in [0.2, 0.25) is 0 Å². The summed E-state index contributed by atoms with van der Waals surface area (Å²) in [5, 5.41) is 20.2. The molecule has 0 unspecified atom stereocenters. The highest BCUT2D eigenvalue weighted by atomic mass is 16.5. The quantitative estimate of drug-likeness (QED) is 0.403. The SMILES string of the molecule is CNc1cc(COc2ccccc2CC(=O)O)cc(-c2cccc(CN)c2)c1C=N. The number of nitrogens with one attached hydrogen (secondary N) is 2. The lowest BCUT2D eigenvalue weighted by atomic mass is 9.95. The van der Waals surface area contributed by atoms with E-state index < -0.39 is 5.97 Å². The number of rotatable bonds is 9. The van der Waals surface area contributed by atoms with Crippen LogP contribution in [0.4, 0.5) is 5.69 Å². The van der Waals surface area contributed by atoms with Crippen molar-refractivity contribution in [3.63, 3.8) is 0 Å². The predicted octanol–water partition coefficient (Wildman–Crippen LogP) is 4.06. The van der Waals surface area contributed by atoms with E-state index >= 15 is 0 Å². The third-order valence-corrected chi connectivity index (χ3v) is 4.84. The summed E-state index contributed by atoms with van der Waals surface area (Å²) in [7, 11) is 1.81. The third kappa shape index (κ3) is 4.85. The summed E-state index contributed by atoms with van der Waals surface area (Å²) < 4.78 is 5.96. The molecule has 3 rings (SSSR count). The fraction of sp³-hybridized carbons (Fsp3) is 0.167. The van der Waals surface area contributed by atoms with E-state index in [1.165, 1.54) is 6.21 Å². The molecule has 5 N–H and O–H groups in total. The Hall–Kier alpha value is -3.64. The Kier molecular flexibility index (Phi) is 6.83. The van der Waals surface area contributed by atoms with Gasteiger partial charge in [-0.15, -0.1) is 0 Å². The predicted molar refractivity (Wildman–Crippen MR) is 119 cm³/mol. The number of hydrogen-bond acceptors (Lipinski definition) is 5. The standard InChI is InChI=1S/C24H25N3O3/c1-27-22-11-17(15-30-23-8-3-2-6-19(23)12-24(28)29)10-20(21(22)14-26)18-7-4-5-16(9-18)13-25/h2-11,14,26-27H,12-13,15,25H2,1H3,(H,28,29). The van der Waals surface area contributed by atoms with E-state index in [0.717, 1.165) is 33.5 Å². The molecule has 0 spiro atoms. The van der Waals surface area contributed by atoms with Crippen molar-refractivity contribution in [3.8, 4) is 16.9 Å². The molecule has 0 bridgehead atoms. The summed E-state index contributed by atoms with van der Waals surface area (Å²) in [5.74, 6) is -0.352. The molecular weight excluding hydrogens is 378 g/mol. The van der Waals surface area contributed by atoms with Crippen LogP contribution in [0, 0.1) is 5.41 Å². The second kappa shape index (κ2) is 9.71. The summed E-state index contributed by atoms with van der Waals surface area (Å²) in [6, 6.07) is 19.0. The summed E-state index contributed by atoms with van der Waals surface area (Å²) in [5.41, 5.74) is 11.8. The molecular formula is C24H25N3O3. The van der Waals surface area contributed by atoms with E-state index in [4.69, 9.17) is 21.0 Å². The van der Waals surface area contributed by atoms with Gasteiger partial charge in [-0.1, -0.05) is 36.4 Å². The van der Waals surface area contributed by atoms with Crippen molar-refractivity contribution in [2.75, 3.05) is 12.4 Å². The zero-order chi connectivity index (χ0) is 21.5. The lowest BCUT2D eigenvalue weighted by Gasteiger charge is -2.16. The minimum atomic E-state index is -0.902. The first kappa shape index (κ1) is 21.1. The van der Waals surface area contributed by atoms with Gasteiger partial charge in [0.25, 0.3) is 0 Å².